The molecule has 0 radical (unpaired) electrons. The van der Waals surface area contributed by atoms with Gasteiger partial charge in [0.2, 0.25) is 0 Å². The van der Waals surface area contributed by atoms with Crippen LogP contribution in [0.3, 0.4) is 0 Å². The van der Waals surface area contributed by atoms with Crippen LogP contribution in [0.15, 0.2) is 24.3 Å². The Balaban J connectivity index is 2.40. The second-order valence-electron chi connectivity index (χ2n) is 3.55. The van der Waals surface area contributed by atoms with Gasteiger partial charge in [0.1, 0.15) is 11.8 Å². The quantitative estimate of drug-likeness (QED) is 0.839. The average Bonchev–Trinajstić information content (AvgIpc) is 2.33. The molecule has 5 nitrogen and oxygen atoms in total. The molecule has 0 bridgehead atoms. The van der Waals surface area contributed by atoms with Crippen molar-refractivity contribution in [3.8, 4) is 17.8 Å². The number of para-hydroxylation sites is 1. The number of nitrogens with two attached hydrogens (primary N) is 1. The fraction of sp³-hybridized carbons (Fsp3) is 0.0833. The summed E-state index contributed by atoms with van der Waals surface area (Å²) in [5, 5.41) is 9.17. The summed E-state index contributed by atoms with van der Waals surface area (Å²) >= 11 is 5.97. The van der Waals surface area contributed by atoms with Gasteiger partial charge < -0.3 is 10.5 Å². The smallest absolute Gasteiger partial charge is 0.323 e. The predicted molar refractivity (Wildman–Crippen MR) is 67.4 cm³/mol. The lowest BCUT2D eigenvalue weighted by molar-refractivity contribution is 0.442. The molecule has 0 unspecified atom stereocenters. The first kappa shape index (κ1) is 12.1. The molecule has 0 aliphatic rings. The van der Waals surface area contributed by atoms with Gasteiger partial charge in [0, 0.05) is 5.69 Å². The molecule has 1 aromatic heterocycles. The number of halogens is 1. The summed E-state index contributed by atoms with van der Waals surface area (Å²) in [5.41, 5.74) is 6.98. The van der Waals surface area contributed by atoms with E-state index in [1.165, 1.54) is 0 Å². The lowest BCUT2D eigenvalue weighted by Gasteiger charge is -2.08. The van der Waals surface area contributed by atoms with Crippen LogP contribution in [0, 0.1) is 18.3 Å². The Morgan fingerprint density at radius 1 is 1.39 bits per heavy atom. The van der Waals surface area contributed by atoms with Crippen molar-refractivity contribution in [1.29, 1.82) is 5.26 Å². The van der Waals surface area contributed by atoms with Crippen molar-refractivity contribution in [2.75, 3.05) is 5.73 Å². The summed E-state index contributed by atoms with van der Waals surface area (Å²) in [7, 11) is 0. The number of rotatable bonds is 2. The molecular weight excluding hydrogens is 252 g/mol. The molecule has 6 heteroatoms. The summed E-state index contributed by atoms with van der Waals surface area (Å²) in [6.45, 7) is 1.74. The topological polar surface area (TPSA) is 84.8 Å². The van der Waals surface area contributed by atoms with E-state index in [-0.39, 0.29) is 17.5 Å². The molecule has 2 aromatic rings. The summed E-state index contributed by atoms with van der Waals surface area (Å²) in [5.74, 6) is 0.286. The van der Waals surface area contributed by atoms with Gasteiger partial charge in [-0.15, -0.1) is 0 Å². The van der Waals surface area contributed by atoms with Gasteiger partial charge in [-0.2, -0.15) is 10.2 Å². The van der Waals surface area contributed by atoms with E-state index in [9.17, 15) is 0 Å². The number of nitrogens with zero attached hydrogens (tertiary/aromatic N) is 3. The van der Waals surface area contributed by atoms with E-state index in [0.717, 1.165) is 0 Å². The van der Waals surface area contributed by atoms with E-state index < -0.39 is 0 Å². The summed E-state index contributed by atoms with van der Waals surface area (Å²) in [6, 6.07) is 8.55. The predicted octanol–water partition coefficient (Wildman–Crippen LogP) is 2.68. The zero-order valence-corrected chi connectivity index (χ0v) is 10.3. The second kappa shape index (κ2) is 4.90. The maximum absolute atomic E-state index is 8.82. The molecule has 0 atom stereocenters. The highest BCUT2D eigenvalue weighted by atomic mass is 35.5. The Morgan fingerprint density at radius 3 is 2.83 bits per heavy atom. The molecular formula is C12H9ClN4O. The van der Waals surface area contributed by atoms with E-state index in [4.69, 9.17) is 27.3 Å². The Hall–Kier alpha value is -2.32. The largest absolute Gasteiger partial charge is 0.420 e. The van der Waals surface area contributed by atoms with Gasteiger partial charge in [-0.1, -0.05) is 17.7 Å². The number of hydrogen-bond acceptors (Lipinski definition) is 5. The number of aromatic nitrogens is 2. The Bertz CT molecular complexity index is 616. The van der Waals surface area contributed by atoms with Crippen LogP contribution in [0.2, 0.25) is 5.02 Å². The van der Waals surface area contributed by atoms with Crippen LogP contribution in [0.25, 0.3) is 0 Å². The van der Waals surface area contributed by atoms with Gasteiger partial charge in [-0.25, -0.2) is 4.98 Å². The minimum Gasteiger partial charge on any atom is -0.420 e. The third-order valence-corrected chi connectivity index (χ3v) is 2.44. The SMILES string of the molecule is Cc1cc(C#N)nc(Oc2c(N)cccc2Cl)n1. The van der Waals surface area contributed by atoms with Crippen LogP contribution in [-0.4, -0.2) is 9.97 Å². The number of aryl methyl sites for hydroxylation is 1. The van der Waals surface area contributed by atoms with Gasteiger partial charge >= 0.3 is 6.01 Å². The molecule has 0 spiro atoms. The summed E-state index contributed by atoms with van der Waals surface area (Å²) in [6.07, 6.45) is 0. The number of hydrogen-bond donors (Lipinski definition) is 1. The molecule has 1 aromatic carbocycles. The molecule has 0 saturated heterocycles. The number of anilines is 1. The van der Waals surface area contributed by atoms with Crippen molar-refractivity contribution in [2.45, 2.75) is 6.92 Å². The van der Waals surface area contributed by atoms with E-state index in [0.29, 0.717) is 16.4 Å². The van der Waals surface area contributed by atoms with Gasteiger partial charge in [-0.05, 0) is 25.1 Å². The second-order valence-corrected chi connectivity index (χ2v) is 3.96. The Morgan fingerprint density at radius 2 is 2.17 bits per heavy atom. The third-order valence-electron chi connectivity index (χ3n) is 2.14. The minimum absolute atomic E-state index is 0.0475. The molecule has 18 heavy (non-hydrogen) atoms. The van der Waals surface area contributed by atoms with E-state index in [1.54, 1.807) is 31.2 Å². The molecule has 0 aliphatic heterocycles. The highest BCUT2D eigenvalue weighted by Gasteiger charge is 2.10. The van der Waals surface area contributed by atoms with Crippen molar-refractivity contribution in [3.05, 3.63) is 40.7 Å². The molecule has 90 valence electrons. The van der Waals surface area contributed by atoms with Crippen LogP contribution >= 0.6 is 11.6 Å². The fourth-order valence-corrected chi connectivity index (χ4v) is 1.59. The van der Waals surface area contributed by atoms with Gasteiger partial charge in [-0.3, -0.25) is 0 Å². The molecule has 2 N–H and O–H groups in total. The van der Waals surface area contributed by atoms with E-state index in [2.05, 4.69) is 9.97 Å². The lowest BCUT2D eigenvalue weighted by Crippen LogP contribution is -1.99. The first-order valence-electron chi connectivity index (χ1n) is 5.08. The number of benzene rings is 1. The van der Waals surface area contributed by atoms with Crippen LogP contribution in [0.4, 0.5) is 5.69 Å². The van der Waals surface area contributed by atoms with Crippen molar-refractivity contribution in [2.24, 2.45) is 0 Å². The fourth-order valence-electron chi connectivity index (χ4n) is 1.37. The van der Waals surface area contributed by atoms with E-state index >= 15 is 0 Å². The first-order valence-corrected chi connectivity index (χ1v) is 5.45. The Labute approximate surface area is 109 Å². The number of nitriles is 1. The van der Waals surface area contributed by atoms with Crippen LogP contribution in [-0.2, 0) is 0 Å². The maximum Gasteiger partial charge on any atom is 0.323 e. The molecule has 2 rings (SSSR count). The first-order chi connectivity index (χ1) is 8.60. The van der Waals surface area contributed by atoms with Crippen LogP contribution in [0.1, 0.15) is 11.4 Å². The van der Waals surface area contributed by atoms with Crippen LogP contribution in [0.5, 0.6) is 11.8 Å². The van der Waals surface area contributed by atoms with Crippen molar-refractivity contribution in [3.63, 3.8) is 0 Å². The highest BCUT2D eigenvalue weighted by molar-refractivity contribution is 6.32. The molecule has 0 aliphatic carbocycles. The average molecular weight is 261 g/mol. The monoisotopic (exact) mass is 260 g/mol. The van der Waals surface area contributed by atoms with Crippen molar-refractivity contribution >= 4 is 17.3 Å². The lowest BCUT2D eigenvalue weighted by atomic mass is 10.3. The Kier molecular flexibility index (Phi) is 3.31. The standard InChI is InChI=1S/C12H9ClN4O/c1-7-5-8(6-14)17-12(16-7)18-11-9(13)3-2-4-10(11)15/h2-5H,15H2,1H3. The number of ether oxygens (including phenoxy) is 1. The maximum atomic E-state index is 8.82. The molecule has 1 heterocycles. The molecule has 0 saturated carbocycles. The van der Waals surface area contributed by atoms with Crippen LogP contribution < -0.4 is 10.5 Å². The molecule has 0 fully saturated rings. The number of nitrogen functional groups attached to an aromatic ring is 1. The van der Waals surface area contributed by atoms with E-state index in [1.807, 2.05) is 6.07 Å². The third kappa shape index (κ3) is 2.50. The van der Waals surface area contributed by atoms with Gasteiger partial charge in [0.05, 0.1) is 10.7 Å². The zero-order chi connectivity index (χ0) is 13.1. The minimum atomic E-state index is 0.0475. The summed E-state index contributed by atoms with van der Waals surface area (Å²) in [4.78, 5) is 7.98. The van der Waals surface area contributed by atoms with Gasteiger partial charge in [0.15, 0.2) is 5.75 Å². The normalized spacial score (nSPS) is 9.83. The van der Waals surface area contributed by atoms with Gasteiger partial charge in [0.25, 0.3) is 0 Å². The highest BCUT2D eigenvalue weighted by Crippen LogP contribution is 2.33. The summed E-state index contributed by atoms with van der Waals surface area (Å²) < 4.78 is 5.43. The van der Waals surface area contributed by atoms with Crippen molar-refractivity contribution in [1.82, 2.24) is 9.97 Å². The zero-order valence-electron chi connectivity index (χ0n) is 9.51. The molecule has 0 amide bonds. The van der Waals surface area contributed by atoms with Crippen molar-refractivity contribution < 1.29 is 4.74 Å².